The highest BCUT2D eigenvalue weighted by Crippen LogP contribution is 2.22. The van der Waals surface area contributed by atoms with Crippen LogP contribution in [-0.2, 0) is 4.79 Å². The Hall–Kier alpha value is -2.28. The van der Waals surface area contributed by atoms with E-state index in [0.29, 0.717) is 32.5 Å². The molecule has 2 rings (SSSR count). The summed E-state index contributed by atoms with van der Waals surface area (Å²) in [6.07, 6.45) is 1.42. The van der Waals surface area contributed by atoms with E-state index in [-0.39, 0.29) is 23.9 Å². The minimum atomic E-state index is -0.0325. The van der Waals surface area contributed by atoms with Crippen LogP contribution < -0.4 is 10.1 Å². The van der Waals surface area contributed by atoms with Crippen molar-refractivity contribution in [3.05, 3.63) is 29.8 Å². The van der Waals surface area contributed by atoms with E-state index in [0.717, 1.165) is 11.3 Å². The lowest BCUT2D eigenvalue weighted by Gasteiger charge is -2.33. The molecule has 3 amide bonds. The zero-order valence-electron chi connectivity index (χ0n) is 17.1. The molecule has 1 saturated heterocycles. The SMILES string of the molecule is COc1ccc(C(CNC(=O)C2CCN(C(=O)N(C)C)CC2)N(C)C)cc1. The van der Waals surface area contributed by atoms with Crippen molar-refractivity contribution in [2.75, 3.05) is 54.9 Å². The van der Waals surface area contributed by atoms with Crippen LogP contribution >= 0.6 is 0 Å². The first-order valence-electron chi connectivity index (χ1n) is 9.37. The average Bonchev–Trinajstić information content (AvgIpc) is 2.67. The lowest BCUT2D eigenvalue weighted by atomic mass is 9.95. The van der Waals surface area contributed by atoms with Crippen LogP contribution in [0.1, 0.15) is 24.4 Å². The summed E-state index contributed by atoms with van der Waals surface area (Å²) in [6.45, 7) is 1.81. The van der Waals surface area contributed by atoms with Crippen molar-refractivity contribution >= 4 is 11.9 Å². The molecule has 0 saturated carbocycles. The second-order valence-electron chi connectivity index (χ2n) is 7.44. The van der Waals surface area contributed by atoms with E-state index in [1.165, 1.54) is 0 Å². The number of nitrogens with zero attached hydrogens (tertiary/aromatic N) is 3. The summed E-state index contributed by atoms with van der Waals surface area (Å²) in [6, 6.07) is 8.04. The number of carbonyl (C=O) groups is 2. The van der Waals surface area contributed by atoms with Crippen molar-refractivity contribution in [1.29, 1.82) is 0 Å². The largest absolute Gasteiger partial charge is 0.497 e. The maximum absolute atomic E-state index is 12.6. The molecule has 1 atom stereocenters. The second-order valence-corrected chi connectivity index (χ2v) is 7.44. The van der Waals surface area contributed by atoms with Crippen molar-refractivity contribution in [2.24, 2.45) is 5.92 Å². The highest BCUT2D eigenvalue weighted by atomic mass is 16.5. The molecule has 150 valence electrons. The van der Waals surface area contributed by atoms with Gasteiger partial charge in [-0.3, -0.25) is 4.79 Å². The number of likely N-dealkylation sites (N-methyl/N-ethyl adjacent to an activating group) is 1. The average molecular weight is 377 g/mol. The van der Waals surface area contributed by atoms with E-state index in [1.807, 2.05) is 43.3 Å². The van der Waals surface area contributed by atoms with Crippen molar-refractivity contribution in [1.82, 2.24) is 20.0 Å². The van der Waals surface area contributed by atoms with Gasteiger partial charge in [-0.2, -0.15) is 0 Å². The number of piperidine rings is 1. The summed E-state index contributed by atoms with van der Waals surface area (Å²) in [5, 5.41) is 3.10. The number of ether oxygens (including phenoxy) is 1. The summed E-state index contributed by atoms with van der Waals surface area (Å²) in [7, 11) is 9.16. The number of rotatable bonds is 6. The second kappa shape index (κ2) is 9.60. The maximum Gasteiger partial charge on any atom is 0.319 e. The fourth-order valence-electron chi connectivity index (χ4n) is 3.38. The van der Waals surface area contributed by atoms with Crippen LogP contribution in [0.3, 0.4) is 0 Å². The summed E-state index contributed by atoms with van der Waals surface area (Å²) in [4.78, 5) is 30.1. The molecule has 1 aliphatic heterocycles. The predicted octanol–water partition coefficient (Wildman–Crippen LogP) is 1.81. The molecule has 1 unspecified atom stereocenters. The summed E-state index contributed by atoms with van der Waals surface area (Å²) >= 11 is 0. The molecule has 27 heavy (non-hydrogen) atoms. The van der Waals surface area contributed by atoms with Crippen molar-refractivity contribution in [2.45, 2.75) is 18.9 Å². The number of carbonyl (C=O) groups excluding carboxylic acids is 2. The molecular weight excluding hydrogens is 344 g/mol. The Balaban J connectivity index is 1.88. The molecule has 1 N–H and O–H groups in total. The quantitative estimate of drug-likeness (QED) is 0.822. The van der Waals surface area contributed by atoms with Gasteiger partial charge in [-0.15, -0.1) is 0 Å². The Morgan fingerprint density at radius 1 is 1.15 bits per heavy atom. The first-order valence-corrected chi connectivity index (χ1v) is 9.37. The van der Waals surface area contributed by atoms with Crippen LogP contribution in [0.5, 0.6) is 5.75 Å². The van der Waals surface area contributed by atoms with E-state index in [4.69, 9.17) is 4.74 Å². The minimum absolute atomic E-state index is 0.0148. The van der Waals surface area contributed by atoms with Gasteiger partial charge in [0.05, 0.1) is 13.2 Å². The van der Waals surface area contributed by atoms with Crippen LogP contribution in [0.25, 0.3) is 0 Å². The number of amides is 3. The van der Waals surface area contributed by atoms with Gasteiger partial charge in [0, 0.05) is 39.6 Å². The van der Waals surface area contributed by atoms with Gasteiger partial charge in [0.25, 0.3) is 0 Å². The zero-order chi connectivity index (χ0) is 20.0. The van der Waals surface area contributed by atoms with Gasteiger partial charge in [0.15, 0.2) is 0 Å². The molecule has 0 bridgehead atoms. The number of hydrogen-bond donors (Lipinski definition) is 1. The molecule has 1 aromatic carbocycles. The number of nitrogens with one attached hydrogen (secondary N) is 1. The number of benzene rings is 1. The molecule has 1 aliphatic rings. The molecule has 0 aromatic heterocycles. The van der Waals surface area contributed by atoms with Gasteiger partial charge in [0.1, 0.15) is 5.75 Å². The molecule has 1 heterocycles. The third-order valence-electron chi connectivity index (χ3n) is 5.11. The van der Waals surface area contributed by atoms with Crippen LogP contribution in [0.2, 0.25) is 0 Å². The monoisotopic (exact) mass is 376 g/mol. The van der Waals surface area contributed by atoms with Gasteiger partial charge in [-0.1, -0.05) is 12.1 Å². The molecular formula is C20H32N4O3. The number of urea groups is 1. The van der Waals surface area contributed by atoms with Gasteiger partial charge >= 0.3 is 6.03 Å². The Morgan fingerprint density at radius 3 is 2.22 bits per heavy atom. The fourth-order valence-corrected chi connectivity index (χ4v) is 3.38. The van der Waals surface area contributed by atoms with Gasteiger partial charge in [0.2, 0.25) is 5.91 Å². The number of hydrogen-bond acceptors (Lipinski definition) is 4. The van der Waals surface area contributed by atoms with Crippen LogP contribution in [-0.4, -0.2) is 81.6 Å². The maximum atomic E-state index is 12.6. The van der Waals surface area contributed by atoms with E-state index in [1.54, 1.807) is 26.1 Å². The molecule has 0 spiro atoms. The molecule has 1 aromatic rings. The Labute approximate surface area is 162 Å². The van der Waals surface area contributed by atoms with Crippen LogP contribution in [0, 0.1) is 5.92 Å². The van der Waals surface area contributed by atoms with Crippen molar-refractivity contribution in [3.8, 4) is 5.75 Å². The molecule has 7 heteroatoms. The summed E-state index contributed by atoms with van der Waals surface area (Å²) in [5.74, 6) is 0.863. The third kappa shape index (κ3) is 5.60. The fraction of sp³-hybridized carbons (Fsp3) is 0.600. The zero-order valence-corrected chi connectivity index (χ0v) is 17.1. The van der Waals surface area contributed by atoms with Crippen LogP contribution in [0.15, 0.2) is 24.3 Å². The first-order chi connectivity index (χ1) is 12.8. The Bertz CT molecular complexity index is 623. The Morgan fingerprint density at radius 2 is 1.74 bits per heavy atom. The van der Waals surface area contributed by atoms with Gasteiger partial charge < -0.3 is 24.8 Å². The standard InChI is InChI=1S/C20H32N4O3/c1-22(2)18(15-6-8-17(27-5)9-7-15)14-21-19(25)16-10-12-24(13-11-16)20(26)23(3)4/h6-9,16,18H,10-14H2,1-5H3,(H,21,25). The molecule has 1 fully saturated rings. The third-order valence-corrected chi connectivity index (χ3v) is 5.11. The van der Waals surface area contributed by atoms with Crippen molar-refractivity contribution in [3.63, 3.8) is 0 Å². The molecule has 7 nitrogen and oxygen atoms in total. The number of methoxy groups -OCH3 is 1. The van der Waals surface area contributed by atoms with Gasteiger partial charge in [-0.05, 0) is 44.6 Å². The van der Waals surface area contributed by atoms with E-state index in [2.05, 4.69) is 10.2 Å². The van der Waals surface area contributed by atoms with E-state index in [9.17, 15) is 9.59 Å². The lowest BCUT2D eigenvalue weighted by molar-refractivity contribution is -0.126. The smallest absolute Gasteiger partial charge is 0.319 e. The van der Waals surface area contributed by atoms with E-state index >= 15 is 0 Å². The van der Waals surface area contributed by atoms with Gasteiger partial charge in [-0.25, -0.2) is 4.79 Å². The molecule has 0 radical (unpaired) electrons. The highest BCUT2D eigenvalue weighted by Gasteiger charge is 2.28. The predicted molar refractivity (Wildman–Crippen MR) is 106 cm³/mol. The van der Waals surface area contributed by atoms with Crippen LogP contribution in [0.4, 0.5) is 4.79 Å². The first kappa shape index (κ1) is 21.0. The summed E-state index contributed by atoms with van der Waals surface area (Å²) in [5.41, 5.74) is 1.13. The minimum Gasteiger partial charge on any atom is -0.497 e. The number of likely N-dealkylation sites (tertiary alicyclic amines) is 1. The van der Waals surface area contributed by atoms with Crippen molar-refractivity contribution < 1.29 is 14.3 Å². The summed E-state index contributed by atoms with van der Waals surface area (Å²) < 4.78 is 5.21. The topological polar surface area (TPSA) is 65.1 Å². The molecule has 0 aliphatic carbocycles. The Kier molecular flexibility index (Phi) is 7.47. The lowest BCUT2D eigenvalue weighted by Crippen LogP contribution is -2.47. The van der Waals surface area contributed by atoms with E-state index < -0.39 is 0 Å². The normalized spacial score (nSPS) is 16.1. The highest BCUT2D eigenvalue weighted by molar-refractivity contribution is 5.79.